The summed E-state index contributed by atoms with van der Waals surface area (Å²) in [4.78, 5) is 38.2. The fourth-order valence-corrected chi connectivity index (χ4v) is 7.91. The van der Waals surface area contributed by atoms with Crippen LogP contribution in [-0.4, -0.2) is 37.2 Å². The lowest BCUT2D eigenvalue weighted by molar-refractivity contribution is -0.167. The maximum Gasteiger partial charge on any atom is 0.306 e. The molecule has 0 spiro atoms. The van der Waals surface area contributed by atoms with Crippen LogP contribution in [0.5, 0.6) is 0 Å². The molecule has 0 aliphatic heterocycles. The van der Waals surface area contributed by atoms with Gasteiger partial charge in [-0.05, 0) is 128 Å². The van der Waals surface area contributed by atoms with E-state index in [1.165, 1.54) is 83.5 Å². The molecule has 1 atom stereocenters. The Morgan fingerprint density at radius 2 is 0.541 bits per heavy atom. The summed E-state index contributed by atoms with van der Waals surface area (Å²) >= 11 is 0. The molecule has 1 unspecified atom stereocenters. The van der Waals surface area contributed by atoms with Crippen molar-refractivity contribution in [3.05, 3.63) is 134 Å². The van der Waals surface area contributed by atoms with Crippen molar-refractivity contribution in [2.24, 2.45) is 0 Å². The van der Waals surface area contributed by atoms with Crippen molar-refractivity contribution < 1.29 is 28.6 Å². The highest BCUT2D eigenvalue weighted by Gasteiger charge is 2.19. The van der Waals surface area contributed by atoms with E-state index in [1.807, 2.05) is 0 Å². The molecule has 6 nitrogen and oxygen atoms in total. The number of hydrogen-bond donors (Lipinski definition) is 0. The van der Waals surface area contributed by atoms with E-state index in [4.69, 9.17) is 14.2 Å². The molecule has 418 valence electrons. The number of unbranched alkanes of at least 4 members (excludes halogenated alkanes) is 20. The zero-order valence-corrected chi connectivity index (χ0v) is 47.8. The Balaban J connectivity index is 4.47. The molecule has 0 heterocycles. The predicted octanol–water partition coefficient (Wildman–Crippen LogP) is 20.6. The van der Waals surface area contributed by atoms with Crippen molar-refractivity contribution in [3.8, 4) is 0 Å². The maximum absolute atomic E-state index is 12.9. The van der Waals surface area contributed by atoms with Gasteiger partial charge in [0.05, 0.1) is 0 Å². The van der Waals surface area contributed by atoms with Gasteiger partial charge in [0.2, 0.25) is 0 Å². The lowest BCUT2D eigenvalue weighted by Gasteiger charge is -2.18. The van der Waals surface area contributed by atoms with Gasteiger partial charge in [0.15, 0.2) is 6.10 Å². The Morgan fingerprint density at radius 1 is 0.284 bits per heavy atom. The van der Waals surface area contributed by atoms with E-state index in [0.717, 1.165) is 128 Å². The highest BCUT2D eigenvalue weighted by molar-refractivity contribution is 5.71. The van der Waals surface area contributed by atoms with E-state index in [9.17, 15) is 14.4 Å². The van der Waals surface area contributed by atoms with Crippen LogP contribution < -0.4 is 0 Å². The van der Waals surface area contributed by atoms with Gasteiger partial charge in [0.25, 0.3) is 0 Å². The molecule has 0 aliphatic carbocycles. The summed E-state index contributed by atoms with van der Waals surface area (Å²) in [5.41, 5.74) is 0. The third-order valence-corrected chi connectivity index (χ3v) is 12.4. The molecule has 74 heavy (non-hydrogen) atoms. The SMILES string of the molecule is CC/C=C\C/C=C\C/C=C\C/C=C\C/C=C\CCCC(=O)OC(COC(=O)CCCCCCC/C=C\C/C=C\CCCCCC)COC(=O)CCCCCCCCCCCC/C=C\C/C=C\C/C=C\C/C=C\CC. The summed E-state index contributed by atoms with van der Waals surface area (Å²) in [6.45, 7) is 6.34. The Kier molecular flexibility index (Phi) is 57.4. The first-order valence-corrected chi connectivity index (χ1v) is 30.2. The average molecular weight is 1020 g/mol. The summed E-state index contributed by atoms with van der Waals surface area (Å²) in [6, 6.07) is 0. The van der Waals surface area contributed by atoms with Crippen LogP contribution >= 0.6 is 0 Å². The molecule has 0 saturated heterocycles. The van der Waals surface area contributed by atoms with Gasteiger partial charge in [0.1, 0.15) is 13.2 Å². The lowest BCUT2D eigenvalue weighted by atomic mass is 10.1. The molecule has 0 aliphatic rings. The first-order valence-electron chi connectivity index (χ1n) is 30.2. The van der Waals surface area contributed by atoms with E-state index >= 15 is 0 Å². The molecule has 0 fully saturated rings. The summed E-state index contributed by atoms with van der Waals surface area (Å²) in [7, 11) is 0. The van der Waals surface area contributed by atoms with Gasteiger partial charge >= 0.3 is 17.9 Å². The van der Waals surface area contributed by atoms with Gasteiger partial charge in [0, 0.05) is 19.3 Å². The second-order valence-electron chi connectivity index (χ2n) is 19.5. The van der Waals surface area contributed by atoms with Crippen LogP contribution in [0.2, 0.25) is 0 Å². The summed E-state index contributed by atoms with van der Waals surface area (Å²) in [6.07, 6.45) is 85.9. The molecule has 0 N–H and O–H groups in total. The number of hydrogen-bond acceptors (Lipinski definition) is 6. The van der Waals surface area contributed by atoms with Gasteiger partial charge in [-0.25, -0.2) is 0 Å². The van der Waals surface area contributed by atoms with Gasteiger partial charge in [-0.3, -0.25) is 14.4 Å². The van der Waals surface area contributed by atoms with Gasteiger partial charge in [-0.1, -0.05) is 244 Å². The van der Waals surface area contributed by atoms with Crippen molar-refractivity contribution in [3.63, 3.8) is 0 Å². The smallest absolute Gasteiger partial charge is 0.306 e. The normalized spacial score (nSPS) is 13.1. The first-order chi connectivity index (χ1) is 36.5. The molecular weight excluding hydrogens is 913 g/mol. The van der Waals surface area contributed by atoms with Crippen molar-refractivity contribution in [2.75, 3.05) is 13.2 Å². The highest BCUT2D eigenvalue weighted by atomic mass is 16.6. The van der Waals surface area contributed by atoms with Crippen molar-refractivity contribution in [2.45, 2.75) is 264 Å². The molecule has 0 rings (SSSR count). The minimum atomic E-state index is -0.821. The molecular formula is C68H110O6. The molecule has 0 saturated carbocycles. The standard InChI is InChI=1S/C68H110O6/c1-4-7-10-13-16-19-22-25-28-31-32-33-34-35-36-38-40-43-46-49-52-55-58-61-67(70)73-64-65(63-72-66(69)60-57-54-51-48-45-42-39-30-27-24-21-18-15-12-9-6-3)74-68(71)62-59-56-53-50-47-44-41-37-29-26-23-20-17-14-11-8-5-2/h7-8,10-11,16-17,19-21,24-26,28-30,32-33,39,41,44,50,53,65H,4-6,9,12-15,18,22-23,27,31,34-38,40,42-43,45-49,51-52,54-64H2,1-3H3/b10-7-,11-8-,19-16-,20-17-,24-21-,28-25-,29-26-,33-32-,39-30-,44-41-,53-50-. The molecule has 6 heteroatoms. The fraction of sp³-hybridized carbons (Fsp3) is 0.632. The van der Waals surface area contributed by atoms with Crippen molar-refractivity contribution >= 4 is 17.9 Å². The number of carbonyl (C=O) groups excluding carboxylic acids is 3. The van der Waals surface area contributed by atoms with Crippen LogP contribution in [0.4, 0.5) is 0 Å². The number of ether oxygens (including phenoxy) is 3. The van der Waals surface area contributed by atoms with Gasteiger partial charge in [-0.15, -0.1) is 0 Å². The summed E-state index contributed by atoms with van der Waals surface area (Å²) in [5.74, 6) is -0.989. The lowest BCUT2D eigenvalue weighted by Crippen LogP contribution is -2.30. The zero-order valence-electron chi connectivity index (χ0n) is 47.8. The summed E-state index contributed by atoms with van der Waals surface area (Å²) < 4.78 is 16.8. The average Bonchev–Trinajstić information content (AvgIpc) is 3.40. The predicted molar refractivity (Wildman–Crippen MR) is 320 cm³/mol. The Bertz CT molecular complexity index is 1600. The van der Waals surface area contributed by atoms with Crippen molar-refractivity contribution in [1.29, 1.82) is 0 Å². The Hall–Kier alpha value is -4.45. The molecule has 0 amide bonds. The van der Waals surface area contributed by atoms with Crippen LogP contribution in [0.15, 0.2) is 134 Å². The first kappa shape index (κ1) is 69.5. The topological polar surface area (TPSA) is 78.9 Å². The third-order valence-electron chi connectivity index (χ3n) is 12.4. The largest absolute Gasteiger partial charge is 0.462 e. The number of allylic oxidation sites excluding steroid dienone is 22. The molecule has 0 bridgehead atoms. The second kappa shape index (κ2) is 61.1. The molecule has 0 radical (unpaired) electrons. The number of esters is 3. The van der Waals surface area contributed by atoms with Crippen LogP contribution in [-0.2, 0) is 28.6 Å². The zero-order chi connectivity index (χ0) is 53.6. The molecule has 0 aromatic heterocycles. The number of carbonyl (C=O) groups is 3. The quantitative estimate of drug-likeness (QED) is 0.0261. The van der Waals surface area contributed by atoms with Gasteiger partial charge in [-0.2, -0.15) is 0 Å². The van der Waals surface area contributed by atoms with Crippen LogP contribution in [0.1, 0.15) is 258 Å². The van der Waals surface area contributed by atoms with E-state index in [0.29, 0.717) is 19.3 Å². The van der Waals surface area contributed by atoms with Crippen molar-refractivity contribution in [1.82, 2.24) is 0 Å². The van der Waals surface area contributed by atoms with E-state index in [1.54, 1.807) is 0 Å². The minimum absolute atomic E-state index is 0.111. The fourth-order valence-electron chi connectivity index (χ4n) is 7.91. The third kappa shape index (κ3) is 58.4. The minimum Gasteiger partial charge on any atom is -0.462 e. The van der Waals surface area contributed by atoms with E-state index < -0.39 is 6.10 Å². The Labute approximate surface area is 455 Å². The molecule has 0 aromatic carbocycles. The molecule has 0 aromatic rings. The van der Waals surface area contributed by atoms with Crippen LogP contribution in [0.25, 0.3) is 0 Å². The van der Waals surface area contributed by atoms with Crippen LogP contribution in [0, 0.1) is 0 Å². The van der Waals surface area contributed by atoms with E-state index in [-0.39, 0.29) is 37.5 Å². The van der Waals surface area contributed by atoms with Crippen LogP contribution in [0.3, 0.4) is 0 Å². The highest BCUT2D eigenvalue weighted by Crippen LogP contribution is 2.14. The monoisotopic (exact) mass is 1020 g/mol. The summed E-state index contributed by atoms with van der Waals surface area (Å²) in [5, 5.41) is 0. The number of rotatable bonds is 53. The van der Waals surface area contributed by atoms with Gasteiger partial charge < -0.3 is 14.2 Å². The Morgan fingerprint density at radius 3 is 0.865 bits per heavy atom. The maximum atomic E-state index is 12.9. The van der Waals surface area contributed by atoms with E-state index in [2.05, 4.69) is 154 Å². The second-order valence-corrected chi connectivity index (χ2v) is 19.5.